The number of rotatable bonds is 8. The third-order valence-electron chi connectivity index (χ3n) is 3.88. The summed E-state index contributed by atoms with van der Waals surface area (Å²) in [5.74, 6) is -0.225. The summed E-state index contributed by atoms with van der Waals surface area (Å²) in [7, 11) is 0. The number of hydrogen-bond acceptors (Lipinski definition) is 2. The van der Waals surface area contributed by atoms with Gasteiger partial charge in [-0.2, -0.15) is 0 Å². The SMILES string of the molecule is CCCCOc1ccccc1/C=C(\C(=O)O)c1ccc(CC)cc1. The number of hydrogen-bond donors (Lipinski definition) is 1. The van der Waals surface area contributed by atoms with Crippen LogP contribution in [-0.2, 0) is 11.2 Å². The second kappa shape index (κ2) is 8.92. The molecule has 0 atom stereocenters. The van der Waals surface area contributed by atoms with Crippen molar-refractivity contribution in [2.75, 3.05) is 6.61 Å². The second-order valence-electron chi connectivity index (χ2n) is 5.65. The van der Waals surface area contributed by atoms with Crippen LogP contribution in [0.3, 0.4) is 0 Å². The van der Waals surface area contributed by atoms with Crippen molar-refractivity contribution in [3.05, 3.63) is 65.2 Å². The molecular formula is C21H24O3. The highest BCUT2D eigenvalue weighted by molar-refractivity contribution is 6.20. The van der Waals surface area contributed by atoms with E-state index < -0.39 is 5.97 Å². The molecule has 2 aromatic carbocycles. The summed E-state index contributed by atoms with van der Waals surface area (Å²) in [5, 5.41) is 9.61. The van der Waals surface area contributed by atoms with E-state index in [1.54, 1.807) is 6.08 Å². The third kappa shape index (κ3) is 4.72. The molecule has 1 N–H and O–H groups in total. The number of benzene rings is 2. The largest absolute Gasteiger partial charge is 0.493 e. The Morgan fingerprint density at radius 3 is 2.42 bits per heavy atom. The maximum absolute atomic E-state index is 11.7. The van der Waals surface area contributed by atoms with Gasteiger partial charge in [-0.3, -0.25) is 0 Å². The molecule has 2 rings (SSSR count). The van der Waals surface area contributed by atoms with Crippen LogP contribution in [0.2, 0.25) is 0 Å². The number of aliphatic carboxylic acids is 1. The van der Waals surface area contributed by atoms with Gasteiger partial charge in [-0.1, -0.05) is 62.7 Å². The summed E-state index contributed by atoms with van der Waals surface area (Å²) < 4.78 is 5.79. The number of carbonyl (C=O) groups is 1. The zero-order valence-corrected chi connectivity index (χ0v) is 14.3. The quantitative estimate of drug-likeness (QED) is 0.420. The first-order chi connectivity index (χ1) is 11.7. The Morgan fingerprint density at radius 1 is 1.08 bits per heavy atom. The number of carboxylic acid groups (broad SMARTS) is 1. The predicted octanol–water partition coefficient (Wildman–Crippen LogP) is 5.05. The molecule has 0 saturated heterocycles. The van der Waals surface area contributed by atoms with E-state index in [1.165, 1.54) is 5.56 Å². The average Bonchev–Trinajstić information content (AvgIpc) is 2.61. The van der Waals surface area contributed by atoms with Gasteiger partial charge >= 0.3 is 5.97 Å². The van der Waals surface area contributed by atoms with Gasteiger partial charge in [-0.25, -0.2) is 4.79 Å². The van der Waals surface area contributed by atoms with E-state index >= 15 is 0 Å². The molecule has 2 aromatic rings. The van der Waals surface area contributed by atoms with Crippen LogP contribution < -0.4 is 4.74 Å². The number of para-hydroxylation sites is 1. The van der Waals surface area contributed by atoms with Gasteiger partial charge in [0.25, 0.3) is 0 Å². The molecule has 0 fully saturated rings. The van der Waals surface area contributed by atoms with Crippen LogP contribution in [0.15, 0.2) is 48.5 Å². The fraction of sp³-hybridized carbons (Fsp3) is 0.286. The minimum atomic E-state index is -0.942. The van der Waals surface area contributed by atoms with E-state index in [2.05, 4.69) is 13.8 Å². The van der Waals surface area contributed by atoms with E-state index in [0.29, 0.717) is 12.2 Å². The molecule has 0 aliphatic heterocycles. The summed E-state index contributed by atoms with van der Waals surface area (Å²) in [6, 6.07) is 15.2. The first-order valence-corrected chi connectivity index (χ1v) is 8.41. The molecule has 126 valence electrons. The molecule has 0 spiro atoms. The van der Waals surface area contributed by atoms with Crippen molar-refractivity contribution in [1.82, 2.24) is 0 Å². The van der Waals surface area contributed by atoms with Crippen molar-refractivity contribution in [1.29, 1.82) is 0 Å². The minimum Gasteiger partial charge on any atom is -0.493 e. The van der Waals surface area contributed by atoms with E-state index in [9.17, 15) is 9.90 Å². The van der Waals surface area contributed by atoms with Gasteiger partial charge in [-0.05, 0) is 36.1 Å². The minimum absolute atomic E-state index is 0.268. The van der Waals surface area contributed by atoms with Gasteiger partial charge in [0.05, 0.1) is 12.2 Å². The smallest absolute Gasteiger partial charge is 0.336 e. The van der Waals surface area contributed by atoms with Crippen LogP contribution >= 0.6 is 0 Å². The molecule has 3 nitrogen and oxygen atoms in total. The number of unbranched alkanes of at least 4 members (excludes halogenated alkanes) is 1. The maximum atomic E-state index is 11.7. The Hall–Kier alpha value is -2.55. The first kappa shape index (κ1) is 17.8. The Morgan fingerprint density at radius 2 is 1.79 bits per heavy atom. The lowest BCUT2D eigenvalue weighted by Gasteiger charge is -2.10. The number of ether oxygens (including phenoxy) is 1. The van der Waals surface area contributed by atoms with Crippen LogP contribution in [0.4, 0.5) is 0 Å². The van der Waals surface area contributed by atoms with Crippen LogP contribution in [0.25, 0.3) is 11.6 Å². The number of aryl methyl sites for hydroxylation is 1. The molecule has 0 aromatic heterocycles. The summed E-state index contributed by atoms with van der Waals surface area (Å²) >= 11 is 0. The average molecular weight is 324 g/mol. The standard InChI is InChI=1S/C21H24O3/c1-3-5-14-24-20-9-7-6-8-18(20)15-19(21(22)23)17-12-10-16(4-2)11-13-17/h6-13,15H,3-5,14H2,1-2H3,(H,22,23)/b19-15-. The van der Waals surface area contributed by atoms with Gasteiger partial charge < -0.3 is 9.84 Å². The maximum Gasteiger partial charge on any atom is 0.336 e. The van der Waals surface area contributed by atoms with E-state index in [1.807, 2.05) is 48.5 Å². The summed E-state index contributed by atoms with van der Waals surface area (Å²) in [4.78, 5) is 11.7. The van der Waals surface area contributed by atoms with Crippen LogP contribution in [-0.4, -0.2) is 17.7 Å². The lowest BCUT2D eigenvalue weighted by molar-refractivity contribution is -0.130. The topological polar surface area (TPSA) is 46.5 Å². The summed E-state index contributed by atoms with van der Waals surface area (Å²) in [6.45, 7) is 4.82. The van der Waals surface area contributed by atoms with Crippen molar-refractivity contribution in [3.8, 4) is 5.75 Å². The third-order valence-corrected chi connectivity index (χ3v) is 3.88. The van der Waals surface area contributed by atoms with Crippen molar-refractivity contribution in [2.24, 2.45) is 0 Å². The summed E-state index contributed by atoms with van der Waals surface area (Å²) in [6.07, 6.45) is 4.65. The zero-order valence-electron chi connectivity index (χ0n) is 14.3. The number of carboxylic acids is 1. The fourth-order valence-electron chi connectivity index (χ4n) is 2.40. The van der Waals surface area contributed by atoms with Gasteiger partial charge in [0, 0.05) is 5.56 Å². The molecular weight excluding hydrogens is 300 g/mol. The molecule has 0 amide bonds. The monoisotopic (exact) mass is 324 g/mol. The fourth-order valence-corrected chi connectivity index (χ4v) is 2.40. The first-order valence-electron chi connectivity index (χ1n) is 8.41. The molecule has 0 saturated carbocycles. The second-order valence-corrected chi connectivity index (χ2v) is 5.65. The Bertz CT molecular complexity index is 699. The van der Waals surface area contributed by atoms with Crippen molar-refractivity contribution < 1.29 is 14.6 Å². The van der Waals surface area contributed by atoms with Crippen molar-refractivity contribution in [2.45, 2.75) is 33.1 Å². The Labute approximate surface area is 143 Å². The van der Waals surface area contributed by atoms with Crippen molar-refractivity contribution in [3.63, 3.8) is 0 Å². The van der Waals surface area contributed by atoms with Gasteiger partial charge in [0.2, 0.25) is 0 Å². The van der Waals surface area contributed by atoms with Gasteiger partial charge in [-0.15, -0.1) is 0 Å². The highest BCUT2D eigenvalue weighted by Crippen LogP contribution is 2.25. The van der Waals surface area contributed by atoms with Gasteiger partial charge in [0.1, 0.15) is 5.75 Å². The van der Waals surface area contributed by atoms with E-state index in [4.69, 9.17) is 4.74 Å². The molecule has 24 heavy (non-hydrogen) atoms. The van der Waals surface area contributed by atoms with Crippen LogP contribution in [0.1, 0.15) is 43.4 Å². The van der Waals surface area contributed by atoms with Crippen LogP contribution in [0, 0.1) is 0 Å². The predicted molar refractivity (Wildman–Crippen MR) is 98.2 cm³/mol. The van der Waals surface area contributed by atoms with E-state index in [0.717, 1.165) is 30.6 Å². The molecule has 0 aliphatic carbocycles. The Kier molecular flexibility index (Phi) is 6.62. The lowest BCUT2D eigenvalue weighted by Crippen LogP contribution is -2.01. The lowest BCUT2D eigenvalue weighted by atomic mass is 10.0. The highest BCUT2D eigenvalue weighted by atomic mass is 16.5. The Balaban J connectivity index is 2.35. The summed E-state index contributed by atoms with van der Waals surface area (Å²) in [5.41, 5.74) is 2.93. The van der Waals surface area contributed by atoms with Crippen molar-refractivity contribution >= 4 is 17.6 Å². The molecule has 0 radical (unpaired) electrons. The van der Waals surface area contributed by atoms with Crippen LogP contribution in [0.5, 0.6) is 5.75 Å². The zero-order chi connectivity index (χ0) is 17.4. The normalized spacial score (nSPS) is 11.3. The molecule has 0 heterocycles. The van der Waals surface area contributed by atoms with E-state index in [-0.39, 0.29) is 5.57 Å². The molecule has 3 heteroatoms. The molecule has 0 bridgehead atoms. The highest BCUT2D eigenvalue weighted by Gasteiger charge is 2.12. The molecule has 0 aliphatic rings. The molecule has 0 unspecified atom stereocenters. The van der Waals surface area contributed by atoms with Gasteiger partial charge in [0.15, 0.2) is 0 Å².